The second-order valence-corrected chi connectivity index (χ2v) is 8.26. The van der Waals surface area contributed by atoms with Crippen molar-refractivity contribution in [1.29, 1.82) is 0 Å². The molecule has 0 spiro atoms. The molecule has 0 aromatic carbocycles. The molecule has 1 aliphatic rings. The van der Waals surface area contributed by atoms with E-state index < -0.39 is 14.8 Å². The van der Waals surface area contributed by atoms with Crippen molar-refractivity contribution >= 4 is 10.0 Å². The fourth-order valence-electron chi connectivity index (χ4n) is 1.90. The second kappa shape index (κ2) is 5.44. The first kappa shape index (κ1) is 14.6. The van der Waals surface area contributed by atoms with Crippen molar-refractivity contribution in [2.24, 2.45) is 11.1 Å². The van der Waals surface area contributed by atoms with Crippen molar-refractivity contribution in [3.63, 3.8) is 0 Å². The van der Waals surface area contributed by atoms with Gasteiger partial charge in [0.05, 0.1) is 10.8 Å². The lowest BCUT2D eigenvalue weighted by Gasteiger charge is -2.26. The van der Waals surface area contributed by atoms with Gasteiger partial charge >= 0.3 is 0 Å². The van der Waals surface area contributed by atoms with E-state index in [1.807, 2.05) is 0 Å². The first-order valence-corrected chi connectivity index (χ1v) is 7.56. The molecule has 1 saturated carbocycles. The third kappa shape index (κ3) is 4.03. The first-order valence-electron chi connectivity index (χ1n) is 6.08. The van der Waals surface area contributed by atoms with Gasteiger partial charge < -0.3 is 0 Å². The summed E-state index contributed by atoms with van der Waals surface area (Å²) in [5, 5.41) is 3.04. The highest BCUT2D eigenvalue weighted by molar-refractivity contribution is 7.90. The van der Waals surface area contributed by atoms with E-state index in [0.29, 0.717) is 12.5 Å². The Hall–Kier alpha value is -0.490. The molecule has 0 heterocycles. The number of hydrogen-bond acceptors (Lipinski definition) is 4. The Kier molecular flexibility index (Phi) is 4.66. The zero-order valence-electron chi connectivity index (χ0n) is 10.8. The molecule has 0 bridgehead atoms. The van der Waals surface area contributed by atoms with Crippen LogP contribution in [0, 0.1) is 10.8 Å². The summed E-state index contributed by atoms with van der Waals surface area (Å²) in [5.41, 5.74) is 0. The number of hydrogen-bond donors (Lipinski definition) is 1. The minimum atomic E-state index is -3.25. The summed E-state index contributed by atoms with van der Waals surface area (Å²) in [6, 6.07) is -0.0644. The second-order valence-electron chi connectivity index (χ2n) is 5.74. The molecule has 17 heavy (non-hydrogen) atoms. The molecule has 0 aliphatic heterocycles. The van der Waals surface area contributed by atoms with Crippen molar-refractivity contribution in [2.45, 2.75) is 57.2 Å². The van der Waals surface area contributed by atoms with Crippen LogP contribution in [-0.2, 0) is 10.0 Å². The first-order chi connectivity index (χ1) is 7.76. The number of nitrogens with one attached hydrogen (secondary N) is 1. The molecule has 1 aliphatic carbocycles. The number of rotatable bonds is 4. The van der Waals surface area contributed by atoms with Gasteiger partial charge in [-0.1, -0.05) is 5.18 Å². The van der Waals surface area contributed by atoms with Crippen LogP contribution in [-0.4, -0.2) is 25.8 Å². The summed E-state index contributed by atoms with van der Waals surface area (Å²) in [5.74, 6) is 0.338. The number of nitroso groups, excluding NO2 is 1. The van der Waals surface area contributed by atoms with Crippen LogP contribution in [0.5, 0.6) is 0 Å². The Labute approximate surface area is 103 Å². The smallest absolute Gasteiger partial charge is 0.215 e. The maximum Gasteiger partial charge on any atom is 0.216 e. The van der Waals surface area contributed by atoms with E-state index in [4.69, 9.17) is 0 Å². The van der Waals surface area contributed by atoms with Crippen LogP contribution in [0.25, 0.3) is 0 Å². The summed E-state index contributed by atoms with van der Waals surface area (Å²) < 4.78 is 25.6. The van der Waals surface area contributed by atoms with Crippen LogP contribution in [0.15, 0.2) is 5.18 Å². The Bertz CT molecular complexity index is 351. The molecule has 1 N–H and O–H groups in total. The minimum Gasteiger partial charge on any atom is -0.215 e. The van der Waals surface area contributed by atoms with Gasteiger partial charge in [0, 0.05) is 6.54 Å². The quantitative estimate of drug-likeness (QED) is 0.788. The van der Waals surface area contributed by atoms with Crippen LogP contribution in [0.1, 0.15) is 46.5 Å². The predicted molar refractivity (Wildman–Crippen MR) is 68.2 cm³/mol. The predicted octanol–water partition coefficient (Wildman–Crippen LogP) is 2.03. The Balaban J connectivity index is 2.41. The summed E-state index contributed by atoms with van der Waals surface area (Å²) in [6.45, 7) is 5.53. The van der Waals surface area contributed by atoms with Gasteiger partial charge in [-0.15, -0.1) is 0 Å². The van der Waals surface area contributed by atoms with Crippen LogP contribution < -0.4 is 4.72 Å². The van der Waals surface area contributed by atoms with Gasteiger partial charge in [-0.05, 0) is 52.4 Å². The Morgan fingerprint density at radius 3 is 2.12 bits per heavy atom. The Morgan fingerprint density at radius 1 is 1.18 bits per heavy atom. The maximum absolute atomic E-state index is 11.8. The molecule has 0 aromatic rings. The molecular weight excluding hydrogens is 240 g/mol. The van der Waals surface area contributed by atoms with E-state index in [2.05, 4.69) is 9.90 Å². The molecule has 5 nitrogen and oxygen atoms in total. The van der Waals surface area contributed by atoms with Gasteiger partial charge in [-0.3, -0.25) is 0 Å². The molecule has 6 heteroatoms. The van der Waals surface area contributed by atoms with Crippen molar-refractivity contribution < 1.29 is 8.42 Å². The van der Waals surface area contributed by atoms with Gasteiger partial charge in [-0.25, -0.2) is 13.1 Å². The van der Waals surface area contributed by atoms with Crippen LogP contribution in [0.4, 0.5) is 0 Å². The van der Waals surface area contributed by atoms with Gasteiger partial charge in [0.15, 0.2) is 0 Å². The fourth-order valence-corrected chi connectivity index (χ4v) is 2.79. The maximum atomic E-state index is 11.8. The average molecular weight is 262 g/mol. The number of nitrogens with zero attached hydrogens (tertiary/aromatic N) is 1. The van der Waals surface area contributed by atoms with Crippen molar-refractivity contribution in [3.8, 4) is 0 Å². The molecule has 100 valence electrons. The highest BCUT2D eigenvalue weighted by Gasteiger charge is 2.30. The number of sulfonamides is 1. The summed E-state index contributed by atoms with van der Waals surface area (Å²) in [4.78, 5) is 10.4. The third-order valence-electron chi connectivity index (χ3n) is 3.33. The molecule has 1 fully saturated rings. The summed E-state index contributed by atoms with van der Waals surface area (Å²) in [7, 11) is -3.25. The Morgan fingerprint density at radius 2 is 1.71 bits per heavy atom. The van der Waals surface area contributed by atoms with E-state index >= 15 is 0 Å². The van der Waals surface area contributed by atoms with E-state index in [9.17, 15) is 13.3 Å². The van der Waals surface area contributed by atoms with Gasteiger partial charge in [0.25, 0.3) is 0 Å². The van der Waals surface area contributed by atoms with Gasteiger partial charge in [0.1, 0.15) is 0 Å². The molecule has 0 radical (unpaired) electrons. The third-order valence-corrected chi connectivity index (χ3v) is 5.49. The van der Waals surface area contributed by atoms with E-state index in [1.54, 1.807) is 20.8 Å². The fraction of sp³-hybridized carbons (Fsp3) is 1.00. The van der Waals surface area contributed by atoms with Crippen molar-refractivity contribution in [2.75, 3.05) is 6.54 Å². The van der Waals surface area contributed by atoms with Crippen LogP contribution >= 0.6 is 0 Å². The lowest BCUT2D eigenvalue weighted by atomic mass is 9.87. The summed E-state index contributed by atoms with van der Waals surface area (Å²) in [6.07, 6.45) is 3.32. The minimum absolute atomic E-state index is 0.0644. The highest BCUT2D eigenvalue weighted by atomic mass is 32.2. The van der Waals surface area contributed by atoms with E-state index in [-0.39, 0.29) is 6.04 Å². The van der Waals surface area contributed by atoms with Gasteiger partial charge in [0.2, 0.25) is 10.0 Å². The SMILES string of the molecule is CC(C)(C)S(=O)(=O)NCC1CCC(N=O)CC1. The highest BCUT2D eigenvalue weighted by Crippen LogP contribution is 2.26. The molecule has 0 saturated heterocycles. The van der Waals surface area contributed by atoms with Crippen molar-refractivity contribution in [3.05, 3.63) is 4.91 Å². The van der Waals surface area contributed by atoms with Crippen molar-refractivity contribution in [1.82, 2.24) is 4.72 Å². The summed E-state index contributed by atoms with van der Waals surface area (Å²) >= 11 is 0. The normalized spacial score (nSPS) is 26.8. The molecular formula is C11H22N2O3S. The zero-order valence-corrected chi connectivity index (χ0v) is 11.6. The van der Waals surface area contributed by atoms with Gasteiger partial charge in [-0.2, -0.15) is 4.91 Å². The molecule has 0 atom stereocenters. The molecule has 1 rings (SSSR count). The largest absolute Gasteiger partial charge is 0.216 e. The molecule has 0 aromatic heterocycles. The molecule has 0 unspecified atom stereocenters. The average Bonchev–Trinajstić information content (AvgIpc) is 2.25. The monoisotopic (exact) mass is 262 g/mol. The topological polar surface area (TPSA) is 75.6 Å². The van der Waals surface area contributed by atoms with Crippen LogP contribution in [0.3, 0.4) is 0 Å². The standard InChI is InChI=1S/C11H22N2O3S/c1-11(2,3)17(15,16)12-8-9-4-6-10(13-14)7-5-9/h9-10,12H,4-8H2,1-3H3. The zero-order chi connectivity index (χ0) is 13.1. The van der Waals surface area contributed by atoms with Crippen LogP contribution in [0.2, 0.25) is 0 Å². The molecule has 0 amide bonds. The van der Waals surface area contributed by atoms with E-state index in [1.165, 1.54) is 0 Å². The van der Waals surface area contributed by atoms with E-state index in [0.717, 1.165) is 25.7 Å². The lowest BCUT2D eigenvalue weighted by molar-refractivity contribution is 0.325. The lowest BCUT2D eigenvalue weighted by Crippen LogP contribution is -2.42.